The summed E-state index contributed by atoms with van der Waals surface area (Å²) >= 11 is 5.94. The highest BCUT2D eigenvalue weighted by molar-refractivity contribution is 6.30. The molecule has 0 saturated heterocycles. The topological polar surface area (TPSA) is 37.8 Å². The lowest BCUT2D eigenvalue weighted by Gasteiger charge is -2.16. The van der Waals surface area contributed by atoms with Crippen molar-refractivity contribution in [3.63, 3.8) is 0 Å². The van der Waals surface area contributed by atoms with Gasteiger partial charge in [-0.15, -0.1) is 0 Å². The molecule has 0 bridgehead atoms. The molecule has 1 unspecified atom stereocenters. The molecule has 2 rings (SSSR count). The molecule has 2 aromatic rings. The number of rotatable bonds is 3. The average molecular weight is 248 g/mol. The zero-order chi connectivity index (χ0) is 12.3. The SMILES string of the molecule is Cc1nccnc1C(C)Nc1cccc(Cl)c1. The zero-order valence-corrected chi connectivity index (χ0v) is 10.6. The predicted molar refractivity (Wildman–Crippen MR) is 70.3 cm³/mol. The number of anilines is 1. The van der Waals surface area contributed by atoms with E-state index >= 15 is 0 Å². The van der Waals surface area contributed by atoms with Crippen LogP contribution in [-0.2, 0) is 0 Å². The molecule has 0 radical (unpaired) electrons. The monoisotopic (exact) mass is 247 g/mol. The molecule has 0 fully saturated rings. The van der Waals surface area contributed by atoms with Gasteiger partial charge in [0.25, 0.3) is 0 Å². The Morgan fingerprint density at radius 3 is 2.71 bits per heavy atom. The number of aryl methyl sites for hydroxylation is 1. The van der Waals surface area contributed by atoms with Crippen molar-refractivity contribution >= 4 is 17.3 Å². The van der Waals surface area contributed by atoms with Gasteiger partial charge < -0.3 is 5.32 Å². The van der Waals surface area contributed by atoms with Crippen LogP contribution in [0.2, 0.25) is 5.02 Å². The average Bonchev–Trinajstić information content (AvgIpc) is 2.29. The van der Waals surface area contributed by atoms with E-state index in [0.717, 1.165) is 22.1 Å². The fraction of sp³-hybridized carbons (Fsp3) is 0.231. The summed E-state index contributed by atoms with van der Waals surface area (Å²) in [5, 5.41) is 4.07. The number of halogens is 1. The first-order valence-electron chi connectivity index (χ1n) is 5.46. The predicted octanol–water partition coefficient (Wildman–Crippen LogP) is 3.61. The standard InChI is InChI=1S/C13H14ClN3/c1-9-13(16-7-6-15-9)10(2)17-12-5-3-4-11(14)8-12/h3-8,10,17H,1-2H3. The van der Waals surface area contributed by atoms with Gasteiger partial charge in [-0.2, -0.15) is 0 Å². The Hall–Kier alpha value is -1.61. The number of aromatic nitrogens is 2. The summed E-state index contributed by atoms with van der Waals surface area (Å²) in [5.41, 5.74) is 2.87. The van der Waals surface area contributed by atoms with Crippen LogP contribution in [0.1, 0.15) is 24.4 Å². The van der Waals surface area contributed by atoms with Gasteiger partial charge in [-0.25, -0.2) is 0 Å². The van der Waals surface area contributed by atoms with Crippen molar-refractivity contribution in [2.45, 2.75) is 19.9 Å². The fourth-order valence-electron chi connectivity index (χ4n) is 1.74. The summed E-state index contributed by atoms with van der Waals surface area (Å²) in [7, 11) is 0. The van der Waals surface area contributed by atoms with Crippen LogP contribution in [0.4, 0.5) is 5.69 Å². The van der Waals surface area contributed by atoms with Gasteiger partial charge in [0.2, 0.25) is 0 Å². The first-order valence-corrected chi connectivity index (χ1v) is 5.84. The first-order chi connectivity index (χ1) is 8.16. The third-order valence-corrected chi connectivity index (χ3v) is 2.77. The van der Waals surface area contributed by atoms with Crippen molar-refractivity contribution < 1.29 is 0 Å². The van der Waals surface area contributed by atoms with Gasteiger partial charge in [-0.3, -0.25) is 9.97 Å². The van der Waals surface area contributed by atoms with Crippen LogP contribution in [0.25, 0.3) is 0 Å². The normalized spacial score (nSPS) is 12.2. The highest BCUT2D eigenvalue weighted by Gasteiger charge is 2.10. The van der Waals surface area contributed by atoms with Crippen LogP contribution in [0.15, 0.2) is 36.7 Å². The van der Waals surface area contributed by atoms with Gasteiger partial charge in [-0.1, -0.05) is 17.7 Å². The van der Waals surface area contributed by atoms with Crippen LogP contribution in [-0.4, -0.2) is 9.97 Å². The Morgan fingerprint density at radius 2 is 2.00 bits per heavy atom. The number of nitrogens with one attached hydrogen (secondary N) is 1. The lowest BCUT2D eigenvalue weighted by Crippen LogP contribution is -2.10. The molecule has 1 heterocycles. The summed E-state index contributed by atoms with van der Waals surface area (Å²) in [4.78, 5) is 8.57. The summed E-state index contributed by atoms with van der Waals surface area (Å²) in [6.07, 6.45) is 3.41. The van der Waals surface area contributed by atoms with Crippen LogP contribution in [0.5, 0.6) is 0 Å². The summed E-state index contributed by atoms with van der Waals surface area (Å²) < 4.78 is 0. The minimum Gasteiger partial charge on any atom is -0.377 e. The zero-order valence-electron chi connectivity index (χ0n) is 9.81. The number of benzene rings is 1. The van der Waals surface area contributed by atoms with Crippen LogP contribution < -0.4 is 5.32 Å². The number of hydrogen-bond acceptors (Lipinski definition) is 3. The molecule has 4 heteroatoms. The Balaban J connectivity index is 2.17. The van der Waals surface area contributed by atoms with Gasteiger partial charge in [0.05, 0.1) is 17.4 Å². The molecular formula is C13H14ClN3. The second kappa shape index (κ2) is 5.15. The highest BCUT2D eigenvalue weighted by Crippen LogP contribution is 2.21. The number of hydrogen-bond donors (Lipinski definition) is 1. The Bertz CT molecular complexity index is 514. The van der Waals surface area contributed by atoms with Crippen LogP contribution in [0, 0.1) is 6.92 Å². The molecule has 0 aliphatic carbocycles. The third-order valence-electron chi connectivity index (χ3n) is 2.54. The largest absolute Gasteiger partial charge is 0.377 e. The molecule has 3 nitrogen and oxygen atoms in total. The van der Waals surface area contributed by atoms with E-state index in [-0.39, 0.29) is 6.04 Å². The Labute approximate surface area is 106 Å². The molecule has 0 spiro atoms. The molecule has 1 aromatic carbocycles. The Morgan fingerprint density at radius 1 is 1.24 bits per heavy atom. The summed E-state index contributed by atoms with van der Waals surface area (Å²) in [6.45, 7) is 4.01. The molecule has 0 aliphatic heterocycles. The van der Waals surface area contributed by atoms with E-state index < -0.39 is 0 Å². The van der Waals surface area contributed by atoms with Crippen molar-refractivity contribution in [3.8, 4) is 0 Å². The van der Waals surface area contributed by atoms with Gasteiger partial charge >= 0.3 is 0 Å². The molecule has 0 amide bonds. The smallest absolute Gasteiger partial charge is 0.0835 e. The van der Waals surface area contributed by atoms with E-state index in [2.05, 4.69) is 22.2 Å². The van der Waals surface area contributed by atoms with Crippen molar-refractivity contribution in [1.82, 2.24) is 9.97 Å². The van der Waals surface area contributed by atoms with Crippen molar-refractivity contribution in [2.24, 2.45) is 0 Å². The maximum absolute atomic E-state index is 5.94. The van der Waals surface area contributed by atoms with Crippen LogP contribution in [0.3, 0.4) is 0 Å². The molecule has 1 N–H and O–H groups in total. The van der Waals surface area contributed by atoms with Gasteiger partial charge in [0, 0.05) is 23.1 Å². The first kappa shape index (κ1) is 11.9. The van der Waals surface area contributed by atoms with E-state index in [1.165, 1.54) is 0 Å². The van der Waals surface area contributed by atoms with Crippen molar-refractivity contribution in [1.29, 1.82) is 0 Å². The maximum Gasteiger partial charge on any atom is 0.0835 e. The molecule has 1 aromatic heterocycles. The van der Waals surface area contributed by atoms with E-state index in [0.29, 0.717) is 0 Å². The van der Waals surface area contributed by atoms with Crippen molar-refractivity contribution in [2.75, 3.05) is 5.32 Å². The second-order valence-corrected chi connectivity index (χ2v) is 4.34. The van der Waals surface area contributed by atoms with Crippen molar-refractivity contribution in [3.05, 3.63) is 53.1 Å². The lowest BCUT2D eigenvalue weighted by molar-refractivity contribution is 0.810. The quantitative estimate of drug-likeness (QED) is 0.900. The van der Waals surface area contributed by atoms with E-state index in [1.807, 2.05) is 31.2 Å². The number of nitrogens with zero attached hydrogens (tertiary/aromatic N) is 2. The molecule has 88 valence electrons. The minimum absolute atomic E-state index is 0.0992. The summed E-state index contributed by atoms with van der Waals surface area (Å²) in [5.74, 6) is 0. The van der Waals surface area contributed by atoms with E-state index in [1.54, 1.807) is 12.4 Å². The Kier molecular flexibility index (Phi) is 3.59. The molecule has 1 atom stereocenters. The van der Waals surface area contributed by atoms with Gasteiger partial charge in [0.15, 0.2) is 0 Å². The summed E-state index contributed by atoms with van der Waals surface area (Å²) in [6, 6.07) is 7.74. The highest BCUT2D eigenvalue weighted by atomic mass is 35.5. The molecule has 0 saturated carbocycles. The third kappa shape index (κ3) is 2.94. The molecule has 0 aliphatic rings. The van der Waals surface area contributed by atoms with Crippen LogP contribution >= 0.6 is 11.6 Å². The molecular weight excluding hydrogens is 234 g/mol. The lowest BCUT2D eigenvalue weighted by atomic mass is 10.2. The van der Waals surface area contributed by atoms with Gasteiger partial charge in [-0.05, 0) is 32.0 Å². The molecule has 17 heavy (non-hydrogen) atoms. The van der Waals surface area contributed by atoms with E-state index in [4.69, 9.17) is 11.6 Å². The second-order valence-electron chi connectivity index (χ2n) is 3.90. The minimum atomic E-state index is 0.0992. The van der Waals surface area contributed by atoms with Gasteiger partial charge in [0.1, 0.15) is 0 Å². The van der Waals surface area contributed by atoms with E-state index in [9.17, 15) is 0 Å². The fourth-order valence-corrected chi connectivity index (χ4v) is 1.93. The maximum atomic E-state index is 5.94.